The number of aryl methyl sites for hydroxylation is 1. The Balaban J connectivity index is 2.10. The van der Waals surface area contributed by atoms with Crippen LogP contribution in [-0.2, 0) is 17.1 Å². The lowest BCUT2D eigenvalue weighted by Gasteiger charge is -2.28. The first-order valence-electron chi connectivity index (χ1n) is 5.70. The maximum absolute atomic E-state index is 12.1. The molecule has 2 atom stereocenters. The third-order valence-corrected chi connectivity index (χ3v) is 4.54. The summed E-state index contributed by atoms with van der Waals surface area (Å²) in [5, 5.41) is 7.29. The first-order chi connectivity index (χ1) is 7.99. The molecule has 1 aliphatic heterocycles. The van der Waals surface area contributed by atoms with Gasteiger partial charge in [0, 0.05) is 19.6 Å². The normalized spacial score (nSPS) is 26.0. The zero-order valence-corrected chi connectivity index (χ0v) is 10.9. The van der Waals surface area contributed by atoms with Crippen molar-refractivity contribution >= 4 is 10.0 Å². The summed E-state index contributed by atoms with van der Waals surface area (Å²) >= 11 is 0. The van der Waals surface area contributed by atoms with Crippen molar-refractivity contribution in [3.8, 4) is 0 Å². The van der Waals surface area contributed by atoms with E-state index in [1.165, 1.54) is 16.9 Å². The number of piperidine rings is 1. The van der Waals surface area contributed by atoms with Gasteiger partial charge in [-0.1, -0.05) is 6.92 Å². The summed E-state index contributed by atoms with van der Waals surface area (Å²) in [6.07, 6.45) is 2.35. The zero-order valence-electron chi connectivity index (χ0n) is 10.0. The van der Waals surface area contributed by atoms with Crippen molar-refractivity contribution in [1.29, 1.82) is 0 Å². The number of nitrogens with one attached hydrogen (secondary N) is 2. The number of hydrogen-bond donors (Lipinski definition) is 2. The van der Waals surface area contributed by atoms with Gasteiger partial charge in [-0.2, -0.15) is 5.10 Å². The smallest absolute Gasteiger partial charge is 0.257 e. The van der Waals surface area contributed by atoms with Gasteiger partial charge in [-0.3, -0.25) is 4.68 Å². The largest absolute Gasteiger partial charge is 0.315 e. The van der Waals surface area contributed by atoms with Crippen molar-refractivity contribution in [2.75, 3.05) is 13.1 Å². The quantitative estimate of drug-likeness (QED) is 0.780. The molecule has 0 bridgehead atoms. The predicted octanol–water partition coefficient (Wildman–Crippen LogP) is -0.304. The van der Waals surface area contributed by atoms with Gasteiger partial charge < -0.3 is 5.32 Å². The molecule has 17 heavy (non-hydrogen) atoms. The summed E-state index contributed by atoms with van der Waals surface area (Å²) in [7, 11) is -1.84. The molecule has 2 heterocycles. The Morgan fingerprint density at radius 3 is 2.88 bits per heavy atom. The van der Waals surface area contributed by atoms with E-state index in [1.807, 2.05) is 0 Å². The highest BCUT2D eigenvalue weighted by molar-refractivity contribution is 7.89. The molecule has 7 heteroatoms. The third-order valence-electron chi connectivity index (χ3n) is 2.94. The summed E-state index contributed by atoms with van der Waals surface area (Å²) in [4.78, 5) is 0. The van der Waals surface area contributed by atoms with Crippen LogP contribution in [0.25, 0.3) is 0 Å². The van der Waals surface area contributed by atoms with Crippen LogP contribution in [0, 0.1) is 5.92 Å². The molecule has 1 fully saturated rings. The number of sulfonamides is 1. The van der Waals surface area contributed by atoms with Gasteiger partial charge in [0.2, 0.25) is 0 Å². The van der Waals surface area contributed by atoms with E-state index < -0.39 is 10.0 Å². The van der Waals surface area contributed by atoms with Gasteiger partial charge in [-0.05, 0) is 24.9 Å². The fraction of sp³-hybridized carbons (Fsp3) is 0.700. The van der Waals surface area contributed by atoms with Crippen LogP contribution >= 0.6 is 0 Å². The Morgan fingerprint density at radius 2 is 2.29 bits per heavy atom. The fourth-order valence-corrected chi connectivity index (χ4v) is 3.53. The summed E-state index contributed by atoms with van der Waals surface area (Å²) in [6.45, 7) is 3.74. The van der Waals surface area contributed by atoms with Gasteiger partial charge in [0.15, 0.2) is 5.03 Å². The second kappa shape index (κ2) is 4.75. The van der Waals surface area contributed by atoms with Crippen LogP contribution in [0.4, 0.5) is 0 Å². The maximum Gasteiger partial charge on any atom is 0.257 e. The number of nitrogens with zero attached hydrogens (tertiary/aromatic N) is 2. The molecule has 1 aliphatic rings. The van der Waals surface area contributed by atoms with E-state index in [4.69, 9.17) is 0 Å². The van der Waals surface area contributed by atoms with Crippen molar-refractivity contribution in [1.82, 2.24) is 19.8 Å². The first kappa shape index (κ1) is 12.5. The second-order valence-electron chi connectivity index (χ2n) is 4.61. The fourth-order valence-electron chi connectivity index (χ4n) is 2.15. The Kier molecular flexibility index (Phi) is 3.50. The standard InChI is InChI=1S/C10H18N4O2S/c1-8-5-9(7-11-6-8)13-17(15,16)10-3-4-12-14(10)2/h3-4,8-9,11,13H,5-7H2,1-2H3. The number of aromatic nitrogens is 2. The van der Waals surface area contributed by atoms with Gasteiger partial charge >= 0.3 is 0 Å². The summed E-state index contributed by atoms with van der Waals surface area (Å²) < 4.78 is 28.3. The van der Waals surface area contributed by atoms with Crippen LogP contribution in [0.2, 0.25) is 0 Å². The van der Waals surface area contributed by atoms with Crippen LogP contribution in [0.5, 0.6) is 0 Å². The van der Waals surface area contributed by atoms with Gasteiger partial charge in [-0.15, -0.1) is 0 Å². The molecule has 6 nitrogen and oxygen atoms in total. The zero-order chi connectivity index (χ0) is 12.5. The van der Waals surface area contributed by atoms with E-state index in [2.05, 4.69) is 22.1 Å². The van der Waals surface area contributed by atoms with E-state index in [9.17, 15) is 8.42 Å². The van der Waals surface area contributed by atoms with Crippen molar-refractivity contribution in [2.24, 2.45) is 13.0 Å². The highest BCUT2D eigenvalue weighted by Crippen LogP contribution is 2.13. The molecular formula is C10H18N4O2S. The van der Waals surface area contributed by atoms with E-state index in [1.54, 1.807) is 7.05 Å². The average molecular weight is 258 g/mol. The molecule has 0 spiro atoms. The maximum atomic E-state index is 12.1. The molecule has 2 N–H and O–H groups in total. The summed E-state index contributed by atoms with van der Waals surface area (Å²) in [6, 6.07) is 1.46. The highest BCUT2D eigenvalue weighted by Gasteiger charge is 2.25. The molecule has 0 aliphatic carbocycles. The molecule has 2 unspecified atom stereocenters. The van der Waals surface area contributed by atoms with Crippen LogP contribution in [0.15, 0.2) is 17.3 Å². The van der Waals surface area contributed by atoms with E-state index in [0.29, 0.717) is 12.5 Å². The predicted molar refractivity (Wildman–Crippen MR) is 64.0 cm³/mol. The van der Waals surface area contributed by atoms with Crippen molar-refractivity contribution in [3.05, 3.63) is 12.3 Å². The van der Waals surface area contributed by atoms with Crippen LogP contribution < -0.4 is 10.0 Å². The van der Waals surface area contributed by atoms with Gasteiger partial charge in [0.05, 0.1) is 6.20 Å². The SMILES string of the molecule is CC1CNCC(NS(=O)(=O)c2ccnn2C)C1. The lowest BCUT2D eigenvalue weighted by atomic mass is 9.99. The Bertz CT molecular complexity index is 482. The molecule has 0 radical (unpaired) electrons. The van der Waals surface area contributed by atoms with Crippen LogP contribution in [-0.4, -0.2) is 37.3 Å². The molecule has 0 saturated carbocycles. The molecule has 1 aromatic heterocycles. The summed E-state index contributed by atoms with van der Waals surface area (Å²) in [5.74, 6) is 0.489. The minimum absolute atomic E-state index is 0.0429. The lowest BCUT2D eigenvalue weighted by Crippen LogP contribution is -2.48. The van der Waals surface area contributed by atoms with Crippen molar-refractivity contribution < 1.29 is 8.42 Å². The van der Waals surface area contributed by atoms with Crippen LogP contribution in [0.1, 0.15) is 13.3 Å². The highest BCUT2D eigenvalue weighted by atomic mass is 32.2. The molecule has 96 valence electrons. The molecule has 0 aromatic carbocycles. The summed E-state index contributed by atoms with van der Waals surface area (Å²) in [5.41, 5.74) is 0. The molecule has 0 amide bonds. The average Bonchev–Trinajstić information content (AvgIpc) is 2.64. The Morgan fingerprint density at radius 1 is 1.53 bits per heavy atom. The van der Waals surface area contributed by atoms with E-state index in [0.717, 1.165) is 13.0 Å². The van der Waals surface area contributed by atoms with Gasteiger partial charge in [-0.25, -0.2) is 13.1 Å². The minimum atomic E-state index is -3.46. The lowest BCUT2D eigenvalue weighted by molar-refractivity contribution is 0.345. The van der Waals surface area contributed by atoms with Gasteiger partial charge in [0.1, 0.15) is 0 Å². The first-order valence-corrected chi connectivity index (χ1v) is 7.18. The third kappa shape index (κ3) is 2.85. The van der Waals surface area contributed by atoms with E-state index in [-0.39, 0.29) is 11.1 Å². The molecule has 1 aromatic rings. The van der Waals surface area contributed by atoms with Crippen LogP contribution in [0.3, 0.4) is 0 Å². The topological polar surface area (TPSA) is 76.0 Å². The molecular weight excluding hydrogens is 240 g/mol. The molecule has 1 saturated heterocycles. The van der Waals surface area contributed by atoms with Crippen molar-refractivity contribution in [3.63, 3.8) is 0 Å². The Labute approximate surface area is 101 Å². The Hall–Kier alpha value is -0.920. The second-order valence-corrected chi connectivity index (χ2v) is 6.27. The number of rotatable bonds is 3. The van der Waals surface area contributed by atoms with Crippen molar-refractivity contribution in [2.45, 2.75) is 24.4 Å². The monoisotopic (exact) mass is 258 g/mol. The minimum Gasteiger partial charge on any atom is -0.315 e. The van der Waals surface area contributed by atoms with E-state index >= 15 is 0 Å². The van der Waals surface area contributed by atoms with Gasteiger partial charge in [0.25, 0.3) is 10.0 Å². The number of hydrogen-bond acceptors (Lipinski definition) is 4. The molecule has 2 rings (SSSR count).